The van der Waals surface area contributed by atoms with Crippen LogP contribution in [0.3, 0.4) is 0 Å². The molecule has 0 spiro atoms. The average Bonchev–Trinajstić information content (AvgIpc) is 2.30. The van der Waals surface area contributed by atoms with Gasteiger partial charge in [-0.3, -0.25) is 0 Å². The molecule has 0 saturated heterocycles. The van der Waals surface area contributed by atoms with Crippen molar-refractivity contribution in [1.29, 1.82) is 0 Å². The van der Waals surface area contributed by atoms with Crippen LogP contribution in [-0.2, 0) is 6.42 Å². The Morgan fingerprint density at radius 2 is 2.09 bits per heavy atom. The van der Waals surface area contributed by atoms with E-state index in [1.165, 1.54) is 17.7 Å². The maximum absolute atomic E-state index is 2.47. The number of benzene rings is 1. The second kappa shape index (κ2) is 3.08. The molecule has 1 atom stereocenters. The summed E-state index contributed by atoms with van der Waals surface area (Å²) in [5.41, 5.74) is 2.86. The van der Waals surface area contributed by atoms with Crippen LogP contribution in [0.15, 0.2) is 24.3 Å². The first-order valence-electron chi connectivity index (χ1n) is 3.46. The number of fused-ring (bicyclic) bond motifs is 1. The molecule has 1 aromatic rings. The third-order valence-corrected chi connectivity index (χ3v) is 5.11. The van der Waals surface area contributed by atoms with Gasteiger partial charge in [0.05, 0.1) is 32.6 Å². The van der Waals surface area contributed by atoms with E-state index in [1.54, 1.807) is 0 Å². The molecule has 0 aromatic heterocycles. The van der Waals surface area contributed by atoms with E-state index in [0.717, 1.165) is 0 Å². The normalized spacial score (nSPS) is 22.0. The van der Waals surface area contributed by atoms with E-state index in [-0.39, 0.29) is 0 Å². The molecule has 0 radical (unpaired) electrons. The van der Waals surface area contributed by atoms with Crippen molar-refractivity contribution >= 4 is 51.1 Å². The molecule has 0 aliphatic carbocycles. The monoisotopic (exact) mass is 371 g/mol. The molecule has 1 nitrogen and oxygen atoms in total. The fourth-order valence-electron chi connectivity index (χ4n) is 1.30. The summed E-state index contributed by atoms with van der Waals surface area (Å²) in [5, 5.41) is 0. The Hall–Kier alpha value is 0.480. The average molecular weight is 371 g/mol. The van der Waals surface area contributed by atoms with Crippen LogP contribution in [0.2, 0.25) is 0 Å². The molecular weight excluding hydrogens is 364 g/mol. The topological polar surface area (TPSA) is 3.24 Å². The van der Waals surface area contributed by atoms with Crippen LogP contribution >= 0.6 is 45.5 Å². The van der Waals surface area contributed by atoms with Gasteiger partial charge in [0.25, 0.3) is 0 Å². The minimum absolute atomic E-state index is 0.630. The maximum Gasteiger partial charge on any atom is 0.0944 e. The van der Waals surface area contributed by atoms with Crippen LogP contribution in [0, 0.1) is 0 Å². The number of alkyl halides is 1. The van der Waals surface area contributed by atoms with Gasteiger partial charge in [-0.05, 0) is 11.6 Å². The predicted molar refractivity (Wildman–Crippen MR) is 64.5 cm³/mol. The fourth-order valence-corrected chi connectivity index (χ4v) is 2.75. The highest BCUT2D eigenvalue weighted by atomic mass is 127. The summed E-state index contributed by atoms with van der Waals surface area (Å²) >= 11 is 4.85. The highest BCUT2D eigenvalue weighted by Crippen LogP contribution is 2.37. The van der Waals surface area contributed by atoms with Gasteiger partial charge in [0.1, 0.15) is 0 Å². The van der Waals surface area contributed by atoms with Crippen molar-refractivity contribution in [2.45, 2.75) is 10.5 Å². The first kappa shape index (κ1) is 8.10. The Labute approximate surface area is 93.8 Å². The van der Waals surface area contributed by atoms with E-state index in [2.05, 4.69) is 72.8 Å². The highest BCUT2D eigenvalue weighted by molar-refractivity contribution is 14.1. The molecule has 1 aliphatic rings. The van der Waals surface area contributed by atoms with Gasteiger partial charge in [-0.2, -0.15) is 0 Å². The van der Waals surface area contributed by atoms with Crippen molar-refractivity contribution in [2.24, 2.45) is 0 Å². The van der Waals surface area contributed by atoms with Crippen LogP contribution in [0.4, 0.5) is 5.69 Å². The van der Waals surface area contributed by atoms with E-state index in [0.29, 0.717) is 4.05 Å². The fraction of sp³-hybridized carbons (Fsp3) is 0.250. The van der Waals surface area contributed by atoms with Gasteiger partial charge in [0.2, 0.25) is 0 Å². The Morgan fingerprint density at radius 3 is 2.82 bits per heavy atom. The van der Waals surface area contributed by atoms with Crippen molar-refractivity contribution in [2.75, 3.05) is 3.11 Å². The Kier molecular flexibility index (Phi) is 2.27. The van der Waals surface area contributed by atoms with Gasteiger partial charge in [-0.1, -0.05) is 40.8 Å². The lowest BCUT2D eigenvalue weighted by molar-refractivity contribution is 1.03. The lowest BCUT2D eigenvalue weighted by atomic mass is 10.2. The van der Waals surface area contributed by atoms with Gasteiger partial charge in [0.15, 0.2) is 0 Å². The lowest BCUT2D eigenvalue weighted by Gasteiger charge is -2.13. The van der Waals surface area contributed by atoms with Crippen LogP contribution in [0.25, 0.3) is 0 Å². The number of hydrogen-bond donors (Lipinski definition) is 0. The van der Waals surface area contributed by atoms with E-state index < -0.39 is 0 Å². The van der Waals surface area contributed by atoms with Crippen molar-refractivity contribution in [1.82, 2.24) is 0 Å². The van der Waals surface area contributed by atoms with Crippen LogP contribution in [0.5, 0.6) is 0 Å². The molecule has 11 heavy (non-hydrogen) atoms. The van der Waals surface area contributed by atoms with Crippen molar-refractivity contribution in [3.05, 3.63) is 29.8 Å². The zero-order valence-corrected chi connectivity index (χ0v) is 10.1. The third-order valence-electron chi connectivity index (χ3n) is 1.86. The number of nitrogens with zero attached hydrogens (tertiary/aromatic N) is 1. The molecule has 0 saturated carbocycles. The molecule has 3 heteroatoms. The SMILES string of the molecule is IC1Cc2ccccc2N1I. The lowest BCUT2D eigenvalue weighted by Crippen LogP contribution is -2.13. The molecule has 1 aliphatic heterocycles. The standard InChI is InChI=1S/C8H7I2N/c9-8-5-6-3-1-2-4-7(6)11(8)10/h1-4,8H,5H2. The summed E-state index contributed by atoms with van der Waals surface area (Å²) in [4.78, 5) is 0. The zero-order chi connectivity index (χ0) is 7.84. The summed E-state index contributed by atoms with van der Waals surface area (Å²) in [6.45, 7) is 0. The number of rotatable bonds is 0. The number of hydrogen-bond acceptors (Lipinski definition) is 1. The van der Waals surface area contributed by atoms with Crippen LogP contribution in [0.1, 0.15) is 5.56 Å². The quantitative estimate of drug-likeness (QED) is 0.293. The van der Waals surface area contributed by atoms with Gasteiger partial charge in [0, 0.05) is 6.42 Å². The van der Waals surface area contributed by atoms with Crippen molar-refractivity contribution in [3.63, 3.8) is 0 Å². The largest absolute Gasteiger partial charge is 0.301 e. The van der Waals surface area contributed by atoms with Crippen LogP contribution in [-0.4, -0.2) is 4.05 Å². The minimum Gasteiger partial charge on any atom is -0.301 e. The first-order valence-corrected chi connectivity index (χ1v) is 5.67. The third kappa shape index (κ3) is 1.37. The van der Waals surface area contributed by atoms with E-state index in [1.807, 2.05) is 0 Å². The van der Waals surface area contributed by atoms with E-state index in [4.69, 9.17) is 0 Å². The number of para-hydroxylation sites is 1. The van der Waals surface area contributed by atoms with Crippen molar-refractivity contribution in [3.8, 4) is 0 Å². The molecule has 0 amide bonds. The summed E-state index contributed by atoms with van der Waals surface area (Å²) in [5.74, 6) is 0. The molecule has 2 rings (SSSR count). The van der Waals surface area contributed by atoms with Gasteiger partial charge in [-0.25, -0.2) is 0 Å². The minimum atomic E-state index is 0.630. The van der Waals surface area contributed by atoms with Crippen LogP contribution < -0.4 is 3.11 Å². The van der Waals surface area contributed by atoms with Gasteiger partial charge >= 0.3 is 0 Å². The summed E-state index contributed by atoms with van der Waals surface area (Å²) in [7, 11) is 0. The molecule has 1 unspecified atom stereocenters. The molecule has 58 valence electrons. The summed E-state index contributed by atoms with van der Waals surface area (Å²) in [6.07, 6.45) is 1.18. The van der Waals surface area contributed by atoms with E-state index in [9.17, 15) is 0 Å². The Morgan fingerprint density at radius 1 is 1.36 bits per heavy atom. The van der Waals surface area contributed by atoms with Gasteiger partial charge in [-0.15, -0.1) is 0 Å². The maximum atomic E-state index is 2.47. The van der Waals surface area contributed by atoms with E-state index >= 15 is 0 Å². The first-order chi connectivity index (χ1) is 5.29. The van der Waals surface area contributed by atoms with Gasteiger partial charge < -0.3 is 3.11 Å². The highest BCUT2D eigenvalue weighted by Gasteiger charge is 2.24. The zero-order valence-electron chi connectivity index (χ0n) is 5.80. The molecule has 1 aromatic carbocycles. The second-order valence-electron chi connectivity index (χ2n) is 2.58. The summed E-state index contributed by atoms with van der Waals surface area (Å²) < 4.78 is 2.93. The Balaban J connectivity index is 2.47. The number of halogens is 2. The molecular formula is C8H7I2N. The molecule has 0 fully saturated rings. The molecule has 0 bridgehead atoms. The Bertz CT molecular complexity index is 275. The molecule has 1 heterocycles. The predicted octanol–water partition coefficient (Wildman–Crippen LogP) is 3.16. The summed E-state index contributed by atoms with van der Waals surface area (Å²) in [6, 6.07) is 8.59. The second-order valence-corrected chi connectivity index (χ2v) is 5.06. The van der Waals surface area contributed by atoms with Crippen molar-refractivity contribution < 1.29 is 0 Å². The number of anilines is 1. The molecule has 0 N–H and O–H groups in total. The smallest absolute Gasteiger partial charge is 0.0944 e.